The molecule has 0 spiro atoms. The van der Waals surface area contributed by atoms with E-state index >= 15 is 0 Å². The van der Waals surface area contributed by atoms with Gasteiger partial charge in [0.05, 0.1) is 0 Å². The summed E-state index contributed by atoms with van der Waals surface area (Å²) in [6.07, 6.45) is 1.15. The monoisotopic (exact) mass is 170 g/mol. The van der Waals surface area contributed by atoms with E-state index < -0.39 is 6.17 Å². The van der Waals surface area contributed by atoms with E-state index in [1.807, 2.05) is 30.5 Å². The second-order valence-electron chi connectivity index (χ2n) is 2.39. The topological polar surface area (TPSA) is 0 Å². The van der Waals surface area contributed by atoms with Crippen molar-refractivity contribution in [1.82, 2.24) is 0 Å². The lowest BCUT2D eigenvalue weighted by atomic mass is 10.1. The van der Waals surface area contributed by atoms with Crippen LogP contribution in [0.1, 0.15) is 18.7 Å². The molecular weight excluding hydrogens is 159 g/mol. The molecule has 0 fully saturated rings. The van der Waals surface area contributed by atoms with Crippen LogP contribution in [0.2, 0.25) is 0 Å². The minimum absolute atomic E-state index is 0.753. The summed E-state index contributed by atoms with van der Waals surface area (Å²) >= 11 is 1.67. The maximum atomic E-state index is 12.7. The summed E-state index contributed by atoms with van der Waals surface area (Å²) in [4.78, 5) is 1.18. The molecule has 60 valence electrons. The third-order valence-electron chi connectivity index (χ3n) is 1.58. The van der Waals surface area contributed by atoms with Gasteiger partial charge in [-0.2, -0.15) is 0 Å². The molecule has 0 radical (unpaired) electrons. The van der Waals surface area contributed by atoms with Gasteiger partial charge in [-0.25, -0.2) is 4.39 Å². The second-order valence-corrected chi connectivity index (χ2v) is 3.27. The summed E-state index contributed by atoms with van der Waals surface area (Å²) in [5.41, 5.74) is 0.753. The van der Waals surface area contributed by atoms with E-state index in [2.05, 4.69) is 0 Å². The maximum Gasteiger partial charge on any atom is 0.122 e. The van der Waals surface area contributed by atoms with Gasteiger partial charge in [0.15, 0.2) is 0 Å². The van der Waals surface area contributed by atoms with E-state index in [1.54, 1.807) is 18.7 Å². The van der Waals surface area contributed by atoms with Crippen LogP contribution in [0.15, 0.2) is 29.2 Å². The Bertz CT molecular complexity index is 216. The Hall–Kier alpha value is -0.500. The van der Waals surface area contributed by atoms with Crippen molar-refractivity contribution in [3.05, 3.63) is 29.8 Å². The predicted molar refractivity (Wildman–Crippen MR) is 47.7 cm³/mol. The summed E-state index contributed by atoms with van der Waals surface area (Å²) in [6, 6.07) is 7.54. The highest BCUT2D eigenvalue weighted by molar-refractivity contribution is 7.98. The second kappa shape index (κ2) is 3.77. The SMILES string of the molecule is CSc1ccc(C(C)F)cc1. The summed E-state index contributed by atoms with van der Waals surface area (Å²) in [6.45, 7) is 1.55. The van der Waals surface area contributed by atoms with Crippen LogP contribution in [0.25, 0.3) is 0 Å². The average molecular weight is 170 g/mol. The number of thioether (sulfide) groups is 1. The standard InChI is InChI=1S/C9H11FS/c1-7(10)8-3-5-9(11-2)6-4-8/h3-7H,1-2H3. The zero-order valence-corrected chi connectivity index (χ0v) is 7.49. The number of hydrogen-bond acceptors (Lipinski definition) is 1. The molecule has 0 saturated carbocycles. The van der Waals surface area contributed by atoms with Crippen LogP contribution in [0.3, 0.4) is 0 Å². The van der Waals surface area contributed by atoms with Gasteiger partial charge in [0.1, 0.15) is 6.17 Å². The van der Waals surface area contributed by atoms with E-state index in [-0.39, 0.29) is 0 Å². The van der Waals surface area contributed by atoms with Crippen molar-refractivity contribution in [2.75, 3.05) is 6.26 Å². The summed E-state index contributed by atoms with van der Waals surface area (Å²) in [5, 5.41) is 0. The molecule has 0 heterocycles. The molecule has 1 aromatic rings. The number of alkyl halides is 1. The van der Waals surface area contributed by atoms with Crippen molar-refractivity contribution in [3.8, 4) is 0 Å². The van der Waals surface area contributed by atoms with Gasteiger partial charge < -0.3 is 0 Å². The Morgan fingerprint density at radius 2 is 1.82 bits per heavy atom. The summed E-state index contributed by atoms with van der Waals surface area (Å²) in [7, 11) is 0. The Labute approximate surface area is 70.8 Å². The molecule has 1 atom stereocenters. The highest BCUT2D eigenvalue weighted by Crippen LogP contribution is 2.20. The third kappa shape index (κ3) is 2.22. The Kier molecular flexibility index (Phi) is 2.94. The minimum atomic E-state index is -0.856. The quantitative estimate of drug-likeness (QED) is 0.613. The van der Waals surface area contributed by atoms with Crippen molar-refractivity contribution >= 4 is 11.8 Å². The number of halogens is 1. The Balaban J connectivity index is 2.83. The molecule has 0 aliphatic heterocycles. The molecule has 0 aromatic heterocycles. The van der Waals surface area contributed by atoms with Crippen molar-refractivity contribution in [1.29, 1.82) is 0 Å². The van der Waals surface area contributed by atoms with Gasteiger partial charge in [-0.1, -0.05) is 12.1 Å². The largest absolute Gasteiger partial charge is 0.243 e. The van der Waals surface area contributed by atoms with E-state index in [4.69, 9.17) is 0 Å². The molecular formula is C9H11FS. The fraction of sp³-hybridized carbons (Fsp3) is 0.333. The fourth-order valence-electron chi connectivity index (χ4n) is 0.869. The maximum absolute atomic E-state index is 12.7. The normalized spacial score (nSPS) is 13.0. The van der Waals surface area contributed by atoms with Gasteiger partial charge in [-0.15, -0.1) is 11.8 Å². The number of benzene rings is 1. The summed E-state index contributed by atoms with van der Waals surface area (Å²) in [5.74, 6) is 0. The van der Waals surface area contributed by atoms with Crippen molar-refractivity contribution in [2.24, 2.45) is 0 Å². The molecule has 1 rings (SSSR count). The molecule has 0 saturated heterocycles. The molecule has 0 bridgehead atoms. The van der Waals surface area contributed by atoms with Gasteiger partial charge in [0, 0.05) is 4.90 Å². The third-order valence-corrected chi connectivity index (χ3v) is 2.32. The van der Waals surface area contributed by atoms with Gasteiger partial charge in [0.25, 0.3) is 0 Å². The van der Waals surface area contributed by atoms with Crippen LogP contribution >= 0.6 is 11.8 Å². The van der Waals surface area contributed by atoms with Crippen molar-refractivity contribution in [2.45, 2.75) is 18.0 Å². The molecule has 0 amide bonds. The molecule has 2 heteroatoms. The Morgan fingerprint density at radius 1 is 1.27 bits per heavy atom. The molecule has 1 aromatic carbocycles. The van der Waals surface area contributed by atoms with Crippen molar-refractivity contribution in [3.63, 3.8) is 0 Å². The molecule has 0 aliphatic rings. The van der Waals surface area contributed by atoms with Crippen LogP contribution < -0.4 is 0 Å². The lowest BCUT2D eigenvalue weighted by molar-refractivity contribution is 0.374. The van der Waals surface area contributed by atoms with E-state index in [0.29, 0.717) is 0 Å². The smallest absolute Gasteiger partial charge is 0.122 e. The first kappa shape index (κ1) is 8.60. The van der Waals surface area contributed by atoms with Crippen LogP contribution in [0.5, 0.6) is 0 Å². The molecule has 0 aliphatic carbocycles. The fourth-order valence-corrected chi connectivity index (χ4v) is 1.28. The first-order valence-electron chi connectivity index (χ1n) is 3.52. The highest BCUT2D eigenvalue weighted by atomic mass is 32.2. The van der Waals surface area contributed by atoms with E-state index in [1.165, 1.54) is 4.90 Å². The average Bonchev–Trinajstić information content (AvgIpc) is 2.05. The number of rotatable bonds is 2. The van der Waals surface area contributed by atoms with Crippen LogP contribution in [-0.2, 0) is 0 Å². The predicted octanol–water partition coefficient (Wildman–Crippen LogP) is 3.44. The first-order valence-corrected chi connectivity index (χ1v) is 4.74. The molecule has 0 nitrogen and oxygen atoms in total. The van der Waals surface area contributed by atoms with E-state index in [9.17, 15) is 4.39 Å². The lowest BCUT2D eigenvalue weighted by Crippen LogP contribution is -1.83. The van der Waals surface area contributed by atoms with Crippen LogP contribution in [0, 0.1) is 0 Å². The lowest BCUT2D eigenvalue weighted by Gasteiger charge is -2.01. The Morgan fingerprint density at radius 3 is 2.18 bits per heavy atom. The van der Waals surface area contributed by atoms with Crippen LogP contribution in [-0.4, -0.2) is 6.26 Å². The molecule has 0 N–H and O–H groups in total. The highest BCUT2D eigenvalue weighted by Gasteiger charge is 2.00. The zero-order chi connectivity index (χ0) is 8.27. The van der Waals surface area contributed by atoms with Crippen molar-refractivity contribution < 1.29 is 4.39 Å². The summed E-state index contributed by atoms with van der Waals surface area (Å²) < 4.78 is 12.7. The van der Waals surface area contributed by atoms with E-state index in [0.717, 1.165) is 5.56 Å². The minimum Gasteiger partial charge on any atom is -0.243 e. The van der Waals surface area contributed by atoms with Gasteiger partial charge in [-0.3, -0.25) is 0 Å². The molecule has 11 heavy (non-hydrogen) atoms. The zero-order valence-electron chi connectivity index (χ0n) is 6.67. The van der Waals surface area contributed by atoms with Gasteiger partial charge >= 0.3 is 0 Å². The molecule has 1 unspecified atom stereocenters. The number of hydrogen-bond donors (Lipinski definition) is 0. The first-order chi connectivity index (χ1) is 5.24. The van der Waals surface area contributed by atoms with Gasteiger partial charge in [0.2, 0.25) is 0 Å². The van der Waals surface area contributed by atoms with Crippen LogP contribution in [0.4, 0.5) is 4.39 Å². The van der Waals surface area contributed by atoms with Gasteiger partial charge in [-0.05, 0) is 30.9 Å².